The number of fused-ring (bicyclic) bond motifs is 2. The molecule has 0 spiro atoms. The Morgan fingerprint density at radius 1 is 1.28 bits per heavy atom. The van der Waals surface area contributed by atoms with E-state index < -0.39 is 11.2 Å². The summed E-state index contributed by atoms with van der Waals surface area (Å²) in [5, 5.41) is 11.6. The second kappa shape index (κ2) is 7.99. The van der Waals surface area contributed by atoms with Crippen LogP contribution in [-0.2, 0) is 6.42 Å². The Kier molecular flexibility index (Phi) is 5.33. The number of pyridine rings is 2. The average Bonchev–Trinajstić information content (AvgIpc) is 2.76. The predicted octanol–water partition coefficient (Wildman–Crippen LogP) is 3.65. The third-order valence-corrected chi connectivity index (χ3v) is 5.49. The van der Waals surface area contributed by atoms with E-state index in [1.54, 1.807) is 45.4 Å². The second-order valence-electron chi connectivity index (χ2n) is 8.37. The summed E-state index contributed by atoms with van der Waals surface area (Å²) >= 11 is 0. The average molecular weight is 430 g/mol. The lowest BCUT2D eigenvalue weighted by Crippen LogP contribution is -2.29. The molecule has 4 N–H and O–H groups in total. The van der Waals surface area contributed by atoms with Gasteiger partial charge in [0.25, 0.3) is 0 Å². The van der Waals surface area contributed by atoms with Gasteiger partial charge in [0.1, 0.15) is 22.7 Å². The Morgan fingerprint density at radius 2 is 2.06 bits per heavy atom. The molecule has 0 saturated heterocycles. The van der Waals surface area contributed by atoms with Crippen LogP contribution in [0.5, 0.6) is 0 Å². The molecule has 0 unspecified atom stereocenters. The SMILES string of the molecule is CN(N)c1c(N)nc(N2CCCc3c(C#CC(C)(C)C#N)cncc32)c2c(F)cccc12. The van der Waals surface area contributed by atoms with Crippen molar-refractivity contribution in [2.24, 2.45) is 11.3 Å². The van der Waals surface area contributed by atoms with Gasteiger partial charge in [0.2, 0.25) is 0 Å². The molecule has 0 amide bonds. The normalized spacial score (nSPS) is 13.2. The maximum absolute atomic E-state index is 15.1. The number of nitrogens with two attached hydrogens (primary N) is 2. The van der Waals surface area contributed by atoms with E-state index in [1.807, 2.05) is 4.90 Å². The molecule has 4 rings (SSSR count). The number of hydrogen-bond donors (Lipinski definition) is 2. The smallest absolute Gasteiger partial charge is 0.151 e. The number of rotatable bonds is 2. The van der Waals surface area contributed by atoms with Crippen LogP contribution in [0.1, 0.15) is 31.4 Å². The summed E-state index contributed by atoms with van der Waals surface area (Å²) in [4.78, 5) is 10.9. The first-order valence-corrected chi connectivity index (χ1v) is 10.3. The van der Waals surface area contributed by atoms with Crippen molar-refractivity contribution in [3.63, 3.8) is 0 Å². The van der Waals surface area contributed by atoms with Crippen molar-refractivity contribution in [1.82, 2.24) is 9.97 Å². The van der Waals surface area contributed by atoms with E-state index >= 15 is 4.39 Å². The topological polar surface area (TPSA) is 108 Å². The van der Waals surface area contributed by atoms with E-state index in [-0.39, 0.29) is 5.82 Å². The monoisotopic (exact) mass is 429 g/mol. The van der Waals surface area contributed by atoms with Crippen LogP contribution in [0.2, 0.25) is 0 Å². The minimum atomic E-state index is -0.767. The number of halogens is 1. The number of hydrazine groups is 1. The number of nitrogens with zero attached hydrogens (tertiary/aromatic N) is 5. The van der Waals surface area contributed by atoms with Crippen LogP contribution in [0.25, 0.3) is 10.8 Å². The Balaban J connectivity index is 1.93. The van der Waals surface area contributed by atoms with Gasteiger partial charge in [-0.15, -0.1) is 0 Å². The van der Waals surface area contributed by atoms with Crippen LogP contribution < -0.4 is 21.5 Å². The molecule has 1 aliphatic heterocycles. The number of aromatic nitrogens is 2. The molecule has 3 aromatic rings. The van der Waals surface area contributed by atoms with Crippen molar-refractivity contribution >= 4 is 33.8 Å². The fourth-order valence-corrected chi connectivity index (χ4v) is 3.96. The zero-order valence-corrected chi connectivity index (χ0v) is 18.3. The first-order chi connectivity index (χ1) is 15.2. The van der Waals surface area contributed by atoms with Crippen LogP contribution in [0.4, 0.5) is 27.4 Å². The van der Waals surface area contributed by atoms with Gasteiger partial charge in [0.15, 0.2) is 5.82 Å². The lowest BCUT2D eigenvalue weighted by atomic mass is 9.94. The van der Waals surface area contributed by atoms with Crippen LogP contribution in [0, 0.1) is 34.4 Å². The zero-order valence-electron chi connectivity index (χ0n) is 18.3. The van der Waals surface area contributed by atoms with Crippen LogP contribution in [0.15, 0.2) is 30.6 Å². The highest BCUT2D eigenvalue weighted by Crippen LogP contribution is 2.42. The Morgan fingerprint density at radius 3 is 2.78 bits per heavy atom. The van der Waals surface area contributed by atoms with Gasteiger partial charge < -0.3 is 15.6 Å². The second-order valence-corrected chi connectivity index (χ2v) is 8.37. The molecule has 7 nitrogen and oxygen atoms in total. The Labute approximate surface area is 186 Å². The van der Waals surface area contributed by atoms with Crippen molar-refractivity contribution in [3.05, 3.63) is 47.5 Å². The van der Waals surface area contributed by atoms with Gasteiger partial charge in [0, 0.05) is 30.7 Å². The molecule has 0 atom stereocenters. The molecule has 162 valence electrons. The summed E-state index contributed by atoms with van der Waals surface area (Å²) in [6, 6.07) is 7.01. The number of nitrogen functional groups attached to an aromatic ring is 1. The van der Waals surface area contributed by atoms with Gasteiger partial charge in [-0.25, -0.2) is 15.2 Å². The van der Waals surface area contributed by atoms with Crippen molar-refractivity contribution in [3.8, 4) is 17.9 Å². The van der Waals surface area contributed by atoms with Crippen LogP contribution >= 0.6 is 0 Å². The highest BCUT2D eigenvalue weighted by Gasteiger charge is 2.27. The summed E-state index contributed by atoms with van der Waals surface area (Å²) in [5.74, 6) is 12.3. The van der Waals surface area contributed by atoms with E-state index in [0.717, 1.165) is 29.7 Å². The molecule has 32 heavy (non-hydrogen) atoms. The van der Waals surface area contributed by atoms with Crippen molar-refractivity contribution in [2.75, 3.05) is 29.2 Å². The minimum absolute atomic E-state index is 0.217. The molecule has 2 aromatic heterocycles. The summed E-state index contributed by atoms with van der Waals surface area (Å²) in [6.07, 6.45) is 5.06. The molecule has 0 fully saturated rings. The zero-order chi connectivity index (χ0) is 23.0. The number of benzene rings is 1. The van der Waals surface area contributed by atoms with Crippen LogP contribution in [-0.4, -0.2) is 23.6 Å². The van der Waals surface area contributed by atoms with Gasteiger partial charge in [0.05, 0.1) is 23.3 Å². The highest BCUT2D eigenvalue weighted by atomic mass is 19.1. The highest BCUT2D eigenvalue weighted by molar-refractivity contribution is 6.05. The number of anilines is 4. The number of nitriles is 1. The Bertz CT molecular complexity index is 1310. The third-order valence-electron chi connectivity index (χ3n) is 5.49. The van der Waals surface area contributed by atoms with Crippen molar-refractivity contribution in [1.29, 1.82) is 5.26 Å². The molecule has 0 saturated carbocycles. The summed E-state index contributed by atoms with van der Waals surface area (Å²) in [7, 11) is 1.64. The van der Waals surface area contributed by atoms with Crippen molar-refractivity contribution < 1.29 is 4.39 Å². The molecule has 0 bridgehead atoms. The van der Waals surface area contributed by atoms with E-state index in [1.165, 1.54) is 11.1 Å². The fourth-order valence-electron chi connectivity index (χ4n) is 3.96. The lowest BCUT2D eigenvalue weighted by Gasteiger charge is -2.32. The molecule has 0 radical (unpaired) electrons. The van der Waals surface area contributed by atoms with Gasteiger partial charge in [-0.3, -0.25) is 4.98 Å². The quantitative estimate of drug-likeness (QED) is 0.364. The van der Waals surface area contributed by atoms with Gasteiger partial charge in [-0.1, -0.05) is 24.0 Å². The predicted molar refractivity (Wildman–Crippen MR) is 125 cm³/mol. The van der Waals surface area contributed by atoms with E-state index in [0.29, 0.717) is 28.8 Å². The largest absolute Gasteiger partial charge is 0.382 e. The van der Waals surface area contributed by atoms with Gasteiger partial charge >= 0.3 is 0 Å². The molecule has 1 aromatic carbocycles. The Hall–Kier alpha value is -3.88. The first kappa shape index (κ1) is 21.4. The number of hydrogen-bond acceptors (Lipinski definition) is 7. The van der Waals surface area contributed by atoms with Gasteiger partial charge in [-0.05, 0) is 38.3 Å². The first-order valence-electron chi connectivity index (χ1n) is 10.3. The lowest BCUT2D eigenvalue weighted by molar-refractivity contribution is 0.639. The molecule has 1 aliphatic rings. The van der Waals surface area contributed by atoms with Crippen molar-refractivity contribution in [2.45, 2.75) is 26.7 Å². The summed E-state index contributed by atoms with van der Waals surface area (Å²) in [6.45, 7) is 4.17. The van der Waals surface area contributed by atoms with E-state index in [2.05, 4.69) is 27.9 Å². The molecule has 3 heterocycles. The molecular formula is C24H24FN7. The van der Waals surface area contributed by atoms with E-state index in [4.69, 9.17) is 11.6 Å². The molecule has 8 heteroatoms. The standard InChI is InChI=1S/C24H24FN7/c1-24(2,14-26)10-9-15-12-29-13-19-16(15)7-5-11-32(19)23-20-17(6-4-8-18(20)25)21(31(3)28)22(27)30-23/h4,6,8,12-13H,5,7,11,28H2,1-3H3,(H2,27,30). The molecular weight excluding hydrogens is 405 g/mol. The maximum atomic E-state index is 15.1. The summed E-state index contributed by atoms with van der Waals surface area (Å²) < 4.78 is 15.1. The summed E-state index contributed by atoms with van der Waals surface area (Å²) in [5.41, 5.74) is 8.52. The van der Waals surface area contributed by atoms with Gasteiger partial charge in [-0.2, -0.15) is 5.26 Å². The maximum Gasteiger partial charge on any atom is 0.151 e. The third kappa shape index (κ3) is 3.66. The fraction of sp³-hybridized carbons (Fsp3) is 0.292. The van der Waals surface area contributed by atoms with E-state index in [9.17, 15) is 5.26 Å². The molecule has 0 aliphatic carbocycles. The minimum Gasteiger partial charge on any atom is -0.382 e. The van der Waals surface area contributed by atoms with Crippen LogP contribution in [0.3, 0.4) is 0 Å².